The van der Waals surface area contributed by atoms with Crippen molar-refractivity contribution >= 4 is 61.5 Å². The van der Waals surface area contributed by atoms with Crippen LogP contribution in [-0.4, -0.2) is 70.1 Å². The summed E-state index contributed by atoms with van der Waals surface area (Å²) in [6, 6.07) is 10.5. The number of rotatable bonds is 5. The molecule has 1 aromatic heterocycles. The molecule has 2 aliphatic heterocycles. The van der Waals surface area contributed by atoms with Crippen LogP contribution in [0.3, 0.4) is 0 Å². The summed E-state index contributed by atoms with van der Waals surface area (Å²) in [5, 5.41) is 1.74. The normalized spacial score (nSPS) is 18.6. The molecule has 5 rings (SSSR count). The Hall–Kier alpha value is -1.52. The number of ether oxygens (including phenoxy) is 1. The van der Waals surface area contributed by atoms with Crippen LogP contribution in [0.5, 0.6) is 0 Å². The standard InChI is InChI=1S/C23H24Cl3N3O4S/c24-18-2-1-3-21(23(18)26)34(30,31)29-8-6-28(7-9-29)19-4-5-20-17(22(19)25)14-16(33-20)15-27-10-12-32-13-11-27/h1-5,14H,6-13,15H2. The van der Waals surface area contributed by atoms with Crippen molar-refractivity contribution in [3.05, 3.63) is 57.2 Å². The van der Waals surface area contributed by atoms with E-state index in [2.05, 4.69) is 9.80 Å². The molecule has 0 amide bonds. The van der Waals surface area contributed by atoms with Crippen LogP contribution < -0.4 is 4.90 Å². The van der Waals surface area contributed by atoms with Crippen molar-refractivity contribution in [2.75, 3.05) is 57.4 Å². The van der Waals surface area contributed by atoms with Gasteiger partial charge in [0.2, 0.25) is 10.0 Å². The van der Waals surface area contributed by atoms with Crippen molar-refractivity contribution in [3.63, 3.8) is 0 Å². The first-order valence-corrected chi connectivity index (χ1v) is 13.6. The monoisotopic (exact) mass is 543 g/mol. The Morgan fingerprint density at radius 2 is 1.62 bits per heavy atom. The van der Waals surface area contributed by atoms with Gasteiger partial charge in [-0.1, -0.05) is 40.9 Å². The molecule has 0 atom stereocenters. The van der Waals surface area contributed by atoms with Crippen molar-refractivity contribution in [1.29, 1.82) is 0 Å². The first-order valence-electron chi connectivity index (χ1n) is 11.0. The van der Waals surface area contributed by atoms with E-state index in [0.29, 0.717) is 37.7 Å². The maximum Gasteiger partial charge on any atom is 0.244 e. The van der Waals surface area contributed by atoms with Gasteiger partial charge < -0.3 is 14.1 Å². The van der Waals surface area contributed by atoms with E-state index in [9.17, 15) is 8.42 Å². The fourth-order valence-electron chi connectivity index (χ4n) is 4.41. The van der Waals surface area contributed by atoms with Crippen molar-refractivity contribution in [2.24, 2.45) is 0 Å². The number of furan rings is 1. The fraction of sp³-hybridized carbons (Fsp3) is 0.391. The largest absolute Gasteiger partial charge is 0.460 e. The zero-order valence-corrected chi connectivity index (χ0v) is 21.4. The molecule has 0 unspecified atom stereocenters. The van der Waals surface area contributed by atoms with Gasteiger partial charge in [0.25, 0.3) is 0 Å². The van der Waals surface area contributed by atoms with E-state index in [1.54, 1.807) is 12.1 Å². The predicted molar refractivity (Wildman–Crippen MR) is 135 cm³/mol. The third kappa shape index (κ3) is 4.65. The molecule has 0 radical (unpaired) electrons. The summed E-state index contributed by atoms with van der Waals surface area (Å²) >= 11 is 19.0. The zero-order chi connectivity index (χ0) is 23.9. The number of morpholine rings is 1. The van der Waals surface area contributed by atoms with Gasteiger partial charge in [-0.2, -0.15) is 4.31 Å². The Morgan fingerprint density at radius 3 is 2.35 bits per heavy atom. The van der Waals surface area contributed by atoms with Gasteiger partial charge in [-0.15, -0.1) is 0 Å². The second-order valence-electron chi connectivity index (χ2n) is 8.35. The fourth-order valence-corrected chi connectivity index (χ4v) is 6.90. The highest BCUT2D eigenvalue weighted by atomic mass is 35.5. The molecule has 2 saturated heterocycles. The van der Waals surface area contributed by atoms with Crippen LogP contribution in [0.2, 0.25) is 15.1 Å². The zero-order valence-electron chi connectivity index (χ0n) is 18.3. The molecule has 2 aliphatic rings. The molecule has 11 heteroatoms. The third-order valence-electron chi connectivity index (χ3n) is 6.26. The second kappa shape index (κ2) is 9.85. The van der Waals surface area contributed by atoms with E-state index in [0.717, 1.165) is 48.7 Å². The molecule has 7 nitrogen and oxygen atoms in total. The van der Waals surface area contributed by atoms with E-state index in [1.807, 2.05) is 18.2 Å². The van der Waals surface area contributed by atoms with Gasteiger partial charge in [-0.05, 0) is 30.3 Å². The minimum Gasteiger partial charge on any atom is -0.460 e. The smallest absolute Gasteiger partial charge is 0.244 e. The minimum atomic E-state index is -3.75. The van der Waals surface area contributed by atoms with E-state index >= 15 is 0 Å². The van der Waals surface area contributed by atoms with Crippen LogP contribution in [0.25, 0.3) is 11.0 Å². The first-order chi connectivity index (χ1) is 16.3. The van der Waals surface area contributed by atoms with E-state index < -0.39 is 10.0 Å². The molecule has 0 saturated carbocycles. The number of piperazine rings is 1. The molecule has 182 valence electrons. The molecule has 2 fully saturated rings. The summed E-state index contributed by atoms with van der Waals surface area (Å²) in [5.41, 5.74) is 1.61. The molecule has 0 aliphatic carbocycles. The molecule has 34 heavy (non-hydrogen) atoms. The van der Waals surface area contributed by atoms with Gasteiger partial charge in [0.15, 0.2) is 0 Å². The van der Waals surface area contributed by atoms with Crippen LogP contribution in [-0.2, 0) is 21.3 Å². The number of nitrogens with zero attached hydrogens (tertiary/aromatic N) is 3. The average Bonchev–Trinajstić information content (AvgIpc) is 3.25. The molecule has 3 aromatic rings. The minimum absolute atomic E-state index is 0.0285. The van der Waals surface area contributed by atoms with Gasteiger partial charge in [0.1, 0.15) is 16.2 Å². The Balaban J connectivity index is 1.31. The molecule has 3 heterocycles. The lowest BCUT2D eigenvalue weighted by Gasteiger charge is -2.36. The van der Waals surface area contributed by atoms with E-state index in [-0.39, 0.29) is 14.9 Å². The average molecular weight is 545 g/mol. The van der Waals surface area contributed by atoms with Gasteiger partial charge >= 0.3 is 0 Å². The van der Waals surface area contributed by atoms with Crippen LogP contribution in [0.4, 0.5) is 5.69 Å². The summed E-state index contributed by atoms with van der Waals surface area (Å²) < 4.78 is 39.1. The van der Waals surface area contributed by atoms with Crippen LogP contribution in [0.1, 0.15) is 5.76 Å². The van der Waals surface area contributed by atoms with Gasteiger partial charge in [-0.3, -0.25) is 4.90 Å². The highest BCUT2D eigenvalue weighted by molar-refractivity contribution is 7.89. The van der Waals surface area contributed by atoms with Gasteiger partial charge in [0, 0.05) is 44.7 Å². The summed E-state index contributed by atoms with van der Waals surface area (Å²) in [7, 11) is -3.75. The van der Waals surface area contributed by atoms with Crippen molar-refractivity contribution in [2.45, 2.75) is 11.4 Å². The summed E-state index contributed by atoms with van der Waals surface area (Å²) in [6.45, 7) is 5.56. The van der Waals surface area contributed by atoms with Crippen LogP contribution in [0, 0.1) is 0 Å². The molecule has 2 aromatic carbocycles. The topological polar surface area (TPSA) is 66.2 Å². The summed E-state index contributed by atoms with van der Waals surface area (Å²) in [5.74, 6) is 0.866. The third-order valence-corrected chi connectivity index (χ3v) is 9.53. The Morgan fingerprint density at radius 1 is 0.882 bits per heavy atom. The molecular formula is C23H24Cl3N3O4S. The molecule has 0 spiro atoms. The first kappa shape index (κ1) is 24.2. The SMILES string of the molecule is O=S(=O)(c1cccc(Cl)c1Cl)N1CCN(c2ccc3oc(CN4CCOCC4)cc3c2Cl)CC1. The van der Waals surface area contributed by atoms with Crippen molar-refractivity contribution < 1.29 is 17.6 Å². The highest BCUT2D eigenvalue weighted by Gasteiger charge is 2.31. The van der Waals surface area contributed by atoms with Crippen LogP contribution >= 0.6 is 34.8 Å². The number of sulfonamides is 1. The van der Waals surface area contributed by atoms with Crippen molar-refractivity contribution in [1.82, 2.24) is 9.21 Å². The Bertz CT molecular complexity index is 1300. The van der Waals surface area contributed by atoms with Crippen molar-refractivity contribution in [3.8, 4) is 0 Å². The quantitative estimate of drug-likeness (QED) is 0.462. The highest BCUT2D eigenvalue weighted by Crippen LogP contribution is 2.37. The number of hydrogen-bond acceptors (Lipinski definition) is 6. The predicted octanol–water partition coefficient (Wildman–Crippen LogP) is 4.74. The lowest BCUT2D eigenvalue weighted by atomic mass is 10.2. The van der Waals surface area contributed by atoms with Gasteiger partial charge in [0.05, 0.1) is 40.5 Å². The lowest BCUT2D eigenvalue weighted by Crippen LogP contribution is -2.48. The maximum atomic E-state index is 13.1. The Labute approximate surface area is 213 Å². The van der Waals surface area contributed by atoms with Gasteiger partial charge in [-0.25, -0.2) is 8.42 Å². The van der Waals surface area contributed by atoms with E-state index in [1.165, 1.54) is 10.4 Å². The summed E-state index contributed by atoms with van der Waals surface area (Å²) in [6.07, 6.45) is 0. The lowest BCUT2D eigenvalue weighted by molar-refractivity contribution is 0.0315. The van der Waals surface area contributed by atoms with Crippen LogP contribution in [0.15, 0.2) is 45.7 Å². The second-order valence-corrected chi connectivity index (χ2v) is 11.4. The summed E-state index contributed by atoms with van der Waals surface area (Å²) in [4.78, 5) is 4.42. The number of hydrogen-bond donors (Lipinski definition) is 0. The molecule has 0 N–H and O–H groups in total. The molecule has 0 bridgehead atoms. The Kier molecular flexibility index (Phi) is 7.01. The molecular weight excluding hydrogens is 521 g/mol. The number of halogens is 3. The number of anilines is 1. The van der Waals surface area contributed by atoms with E-state index in [4.69, 9.17) is 44.0 Å². The maximum absolute atomic E-state index is 13.1. The number of benzene rings is 2. The number of fused-ring (bicyclic) bond motifs is 1.